The Hall–Kier alpha value is -1.31. The van der Waals surface area contributed by atoms with E-state index in [2.05, 4.69) is 49.9 Å². The van der Waals surface area contributed by atoms with Gasteiger partial charge in [0.15, 0.2) is 0 Å². The van der Waals surface area contributed by atoms with Crippen molar-refractivity contribution >= 4 is 5.91 Å². The number of carbonyl (C=O) groups excluding carboxylic acids is 1. The van der Waals surface area contributed by atoms with Gasteiger partial charge in [0, 0.05) is 24.9 Å². The number of hydrogen-bond acceptors (Lipinski definition) is 1. The van der Waals surface area contributed by atoms with Gasteiger partial charge >= 0.3 is 0 Å². The van der Waals surface area contributed by atoms with Crippen molar-refractivity contribution in [3.63, 3.8) is 0 Å². The predicted molar refractivity (Wildman–Crippen MR) is 81.7 cm³/mol. The zero-order valence-electron chi connectivity index (χ0n) is 12.9. The molecule has 2 aliphatic rings. The maximum absolute atomic E-state index is 12.3. The molecule has 2 heteroatoms. The lowest BCUT2D eigenvalue weighted by atomic mass is 9.75. The number of hydrogen-bond donors (Lipinski definition) is 0. The molecule has 0 bridgehead atoms. The number of carbonyl (C=O) groups is 1. The molecule has 1 fully saturated rings. The van der Waals surface area contributed by atoms with Gasteiger partial charge < -0.3 is 4.90 Å². The molecule has 0 saturated carbocycles. The van der Waals surface area contributed by atoms with Crippen LogP contribution in [-0.4, -0.2) is 23.4 Å². The minimum absolute atomic E-state index is 0.183. The Labute approximate surface area is 122 Å². The van der Waals surface area contributed by atoms with Crippen molar-refractivity contribution < 1.29 is 4.79 Å². The van der Waals surface area contributed by atoms with Gasteiger partial charge in [-0.3, -0.25) is 4.79 Å². The Kier molecular flexibility index (Phi) is 3.35. The Morgan fingerprint density at radius 3 is 2.70 bits per heavy atom. The third-order valence-corrected chi connectivity index (χ3v) is 5.00. The first-order chi connectivity index (χ1) is 9.47. The first-order valence-corrected chi connectivity index (χ1v) is 7.84. The monoisotopic (exact) mass is 271 g/mol. The van der Waals surface area contributed by atoms with Crippen molar-refractivity contribution in [2.45, 2.75) is 58.4 Å². The lowest BCUT2D eigenvalue weighted by molar-refractivity contribution is -0.136. The van der Waals surface area contributed by atoms with Crippen molar-refractivity contribution in [2.24, 2.45) is 5.41 Å². The fraction of sp³-hybridized carbons (Fsp3) is 0.611. The van der Waals surface area contributed by atoms with Crippen LogP contribution in [0, 0.1) is 5.41 Å². The molecule has 2 nitrogen and oxygen atoms in total. The molecular formula is C18H25NO. The minimum Gasteiger partial charge on any atom is -0.339 e. The Morgan fingerprint density at radius 1 is 1.20 bits per heavy atom. The molecule has 1 aromatic rings. The summed E-state index contributed by atoms with van der Waals surface area (Å²) in [5.41, 5.74) is 3.10. The number of amides is 1. The number of piperidine rings is 1. The van der Waals surface area contributed by atoms with Crippen LogP contribution in [0.4, 0.5) is 0 Å². The summed E-state index contributed by atoms with van der Waals surface area (Å²) < 4.78 is 0. The van der Waals surface area contributed by atoms with E-state index in [1.807, 2.05) is 0 Å². The Morgan fingerprint density at radius 2 is 1.95 bits per heavy atom. The second-order valence-corrected chi connectivity index (χ2v) is 7.41. The average molecular weight is 271 g/mol. The molecule has 2 unspecified atom stereocenters. The maximum atomic E-state index is 12.3. The van der Waals surface area contributed by atoms with Gasteiger partial charge in [-0.15, -0.1) is 0 Å². The van der Waals surface area contributed by atoms with E-state index >= 15 is 0 Å². The third kappa shape index (κ3) is 2.36. The average Bonchev–Trinajstić information content (AvgIpc) is 2.55. The molecule has 108 valence electrons. The van der Waals surface area contributed by atoms with Crippen molar-refractivity contribution in [2.75, 3.05) is 6.54 Å². The second-order valence-electron chi connectivity index (χ2n) is 7.41. The van der Waals surface area contributed by atoms with Crippen molar-refractivity contribution in [1.29, 1.82) is 0 Å². The van der Waals surface area contributed by atoms with Crippen LogP contribution < -0.4 is 0 Å². The molecule has 0 aliphatic carbocycles. The van der Waals surface area contributed by atoms with E-state index in [9.17, 15) is 4.79 Å². The molecule has 0 aromatic heterocycles. The van der Waals surface area contributed by atoms with Gasteiger partial charge in [-0.2, -0.15) is 0 Å². The zero-order valence-corrected chi connectivity index (χ0v) is 12.9. The van der Waals surface area contributed by atoms with Crippen molar-refractivity contribution in [3.05, 3.63) is 35.4 Å². The molecule has 1 amide bonds. The van der Waals surface area contributed by atoms with E-state index in [-0.39, 0.29) is 5.41 Å². The van der Waals surface area contributed by atoms with Crippen molar-refractivity contribution in [1.82, 2.24) is 4.90 Å². The number of rotatable bonds is 0. The van der Waals surface area contributed by atoms with Gasteiger partial charge in [0.2, 0.25) is 5.91 Å². The van der Waals surface area contributed by atoms with E-state index < -0.39 is 0 Å². The molecule has 2 aliphatic heterocycles. The smallest absolute Gasteiger partial charge is 0.222 e. The molecule has 1 aromatic carbocycles. The zero-order chi connectivity index (χ0) is 14.3. The van der Waals surface area contributed by atoms with Gasteiger partial charge in [-0.05, 0) is 35.8 Å². The number of nitrogens with zero attached hydrogens (tertiary/aromatic N) is 1. The van der Waals surface area contributed by atoms with Crippen LogP contribution >= 0.6 is 0 Å². The van der Waals surface area contributed by atoms with Gasteiger partial charge in [0.05, 0.1) is 0 Å². The van der Waals surface area contributed by atoms with E-state index in [0.29, 0.717) is 17.9 Å². The second kappa shape index (κ2) is 4.91. The summed E-state index contributed by atoms with van der Waals surface area (Å²) in [6.07, 6.45) is 4.00. The summed E-state index contributed by atoms with van der Waals surface area (Å²) in [4.78, 5) is 14.5. The molecule has 3 rings (SSSR count). The predicted octanol–water partition coefficient (Wildman–Crippen LogP) is 3.75. The molecule has 2 heterocycles. The number of fused-ring (bicyclic) bond motifs is 2. The summed E-state index contributed by atoms with van der Waals surface area (Å²) in [6, 6.07) is 9.23. The molecule has 2 atom stereocenters. The summed E-state index contributed by atoms with van der Waals surface area (Å²) in [7, 11) is 0. The summed E-state index contributed by atoms with van der Waals surface area (Å²) in [5.74, 6) is 0.800. The fourth-order valence-corrected chi connectivity index (χ4v) is 3.80. The van der Waals surface area contributed by atoms with Crippen LogP contribution in [0.5, 0.6) is 0 Å². The highest BCUT2D eigenvalue weighted by Gasteiger charge is 2.38. The topological polar surface area (TPSA) is 20.3 Å². The van der Waals surface area contributed by atoms with Crippen molar-refractivity contribution in [3.8, 4) is 0 Å². The molecule has 0 spiro atoms. The van der Waals surface area contributed by atoms with Crippen LogP contribution in [0.2, 0.25) is 0 Å². The lowest BCUT2D eigenvalue weighted by Crippen LogP contribution is -2.46. The minimum atomic E-state index is 0.183. The highest BCUT2D eigenvalue weighted by atomic mass is 16.2. The van der Waals surface area contributed by atoms with E-state index in [1.54, 1.807) is 0 Å². The molecule has 20 heavy (non-hydrogen) atoms. The molecule has 0 N–H and O–H groups in total. The van der Waals surface area contributed by atoms with Crippen LogP contribution in [0.15, 0.2) is 24.3 Å². The standard InChI is InChI=1S/C18H25NO/c1-18(2,3)16-12-19-14(8-6-10-17(19)20)11-13-7-4-5-9-15(13)16/h4-5,7,9,14,16H,6,8,10-12H2,1-3H3. The third-order valence-electron chi connectivity index (χ3n) is 5.00. The fourth-order valence-electron chi connectivity index (χ4n) is 3.80. The van der Waals surface area contributed by atoms with Gasteiger partial charge in [-0.1, -0.05) is 45.0 Å². The van der Waals surface area contributed by atoms with E-state index in [0.717, 1.165) is 32.2 Å². The Balaban J connectivity index is 2.04. The highest BCUT2D eigenvalue weighted by Crippen LogP contribution is 2.41. The van der Waals surface area contributed by atoms with Gasteiger partial charge in [0.25, 0.3) is 0 Å². The molecule has 1 saturated heterocycles. The first kappa shape index (κ1) is 13.7. The van der Waals surface area contributed by atoms with Crippen LogP contribution in [0.25, 0.3) is 0 Å². The SMILES string of the molecule is CC(C)(C)C1CN2C(=O)CCCC2Cc2ccccc21. The van der Waals surface area contributed by atoms with E-state index in [1.165, 1.54) is 11.1 Å². The van der Waals surface area contributed by atoms with Crippen LogP contribution in [0.3, 0.4) is 0 Å². The largest absolute Gasteiger partial charge is 0.339 e. The van der Waals surface area contributed by atoms with Crippen LogP contribution in [0.1, 0.15) is 57.1 Å². The highest BCUT2D eigenvalue weighted by molar-refractivity contribution is 5.77. The molecule has 0 radical (unpaired) electrons. The Bertz CT molecular complexity index is 514. The maximum Gasteiger partial charge on any atom is 0.222 e. The van der Waals surface area contributed by atoms with Crippen LogP contribution in [-0.2, 0) is 11.2 Å². The van der Waals surface area contributed by atoms with Gasteiger partial charge in [0.1, 0.15) is 0 Å². The summed E-state index contributed by atoms with van der Waals surface area (Å²) in [6.45, 7) is 7.78. The normalized spacial score (nSPS) is 26.8. The summed E-state index contributed by atoms with van der Waals surface area (Å²) >= 11 is 0. The molecular weight excluding hydrogens is 246 g/mol. The summed E-state index contributed by atoms with van der Waals surface area (Å²) in [5, 5.41) is 0. The van der Waals surface area contributed by atoms with Gasteiger partial charge in [-0.25, -0.2) is 0 Å². The quantitative estimate of drug-likeness (QED) is 0.703. The lowest BCUT2D eigenvalue weighted by Gasteiger charge is -2.39. The number of benzene rings is 1. The van der Waals surface area contributed by atoms with E-state index in [4.69, 9.17) is 0 Å². The first-order valence-electron chi connectivity index (χ1n) is 7.84.